The fraction of sp³-hybridized carbons (Fsp3) is 0.150. The van der Waals surface area contributed by atoms with E-state index in [1.165, 1.54) is 0 Å². The van der Waals surface area contributed by atoms with E-state index in [1.54, 1.807) is 7.11 Å². The Balaban J connectivity index is 1.80. The number of rotatable bonds is 5. The molecule has 0 aliphatic carbocycles. The number of H-pyrrole nitrogens is 1. The van der Waals surface area contributed by atoms with Crippen molar-refractivity contribution in [3.8, 4) is 17.2 Å². The van der Waals surface area contributed by atoms with Crippen LogP contribution in [0.25, 0.3) is 22.4 Å². The number of primary amides is 1. The highest BCUT2D eigenvalue weighted by molar-refractivity contribution is 5.94. The number of nitrogen functional groups attached to an aromatic ring is 1. The van der Waals surface area contributed by atoms with Gasteiger partial charge in [0, 0.05) is 16.9 Å². The van der Waals surface area contributed by atoms with E-state index >= 15 is 0 Å². The van der Waals surface area contributed by atoms with E-state index in [2.05, 4.69) is 15.2 Å². The third kappa shape index (κ3) is 2.94. The SMILES string of the molecule is COc1cccc([C@@H](C)c2oc(-c3ccc4[nH]nc(N)c4c3)nc2C(N)=O)c1. The van der Waals surface area contributed by atoms with Gasteiger partial charge in [-0.3, -0.25) is 9.89 Å². The van der Waals surface area contributed by atoms with Crippen LogP contribution in [0.5, 0.6) is 5.75 Å². The number of aromatic amines is 1. The molecule has 4 aromatic rings. The molecule has 1 amide bonds. The van der Waals surface area contributed by atoms with Gasteiger partial charge >= 0.3 is 0 Å². The summed E-state index contributed by atoms with van der Waals surface area (Å²) in [6, 6.07) is 13.0. The lowest BCUT2D eigenvalue weighted by Crippen LogP contribution is -2.15. The highest BCUT2D eigenvalue weighted by atomic mass is 16.5. The van der Waals surface area contributed by atoms with Gasteiger partial charge in [-0.05, 0) is 35.9 Å². The second-order valence-corrected chi connectivity index (χ2v) is 6.46. The summed E-state index contributed by atoms with van der Waals surface area (Å²) in [5, 5.41) is 7.57. The maximum atomic E-state index is 12.0. The number of carbonyl (C=O) groups is 1. The van der Waals surface area contributed by atoms with Crippen molar-refractivity contribution in [1.82, 2.24) is 15.2 Å². The van der Waals surface area contributed by atoms with Crippen LogP contribution in [0.1, 0.15) is 34.7 Å². The Morgan fingerprint density at radius 1 is 1.25 bits per heavy atom. The Morgan fingerprint density at radius 2 is 2.07 bits per heavy atom. The summed E-state index contributed by atoms with van der Waals surface area (Å²) >= 11 is 0. The molecule has 142 valence electrons. The Morgan fingerprint density at radius 3 is 2.82 bits per heavy atom. The number of fused-ring (bicyclic) bond motifs is 1. The van der Waals surface area contributed by atoms with Gasteiger partial charge in [-0.1, -0.05) is 19.1 Å². The Hall–Kier alpha value is -3.81. The molecule has 0 saturated carbocycles. The van der Waals surface area contributed by atoms with Crippen molar-refractivity contribution in [2.24, 2.45) is 5.73 Å². The summed E-state index contributed by atoms with van der Waals surface area (Å²) in [6.07, 6.45) is 0. The zero-order chi connectivity index (χ0) is 19.8. The van der Waals surface area contributed by atoms with Crippen LogP contribution in [-0.2, 0) is 0 Å². The van der Waals surface area contributed by atoms with E-state index in [-0.39, 0.29) is 11.6 Å². The predicted octanol–water partition coefficient (Wildman–Crippen LogP) is 3.06. The molecule has 4 rings (SSSR count). The molecular weight excluding hydrogens is 358 g/mol. The molecule has 0 radical (unpaired) electrons. The van der Waals surface area contributed by atoms with Gasteiger partial charge in [0.1, 0.15) is 11.5 Å². The number of nitrogens with two attached hydrogens (primary N) is 2. The molecule has 8 nitrogen and oxygen atoms in total. The summed E-state index contributed by atoms with van der Waals surface area (Å²) < 4.78 is 11.3. The largest absolute Gasteiger partial charge is 0.497 e. The van der Waals surface area contributed by atoms with E-state index in [0.29, 0.717) is 28.8 Å². The molecule has 8 heteroatoms. The summed E-state index contributed by atoms with van der Waals surface area (Å²) in [6.45, 7) is 1.92. The number of nitrogens with zero attached hydrogens (tertiary/aromatic N) is 2. The molecule has 0 fully saturated rings. The third-order valence-electron chi connectivity index (χ3n) is 4.71. The molecule has 2 aromatic carbocycles. The maximum Gasteiger partial charge on any atom is 0.271 e. The second-order valence-electron chi connectivity index (χ2n) is 6.46. The van der Waals surface area contributed by atoms with Crippen LogP contribution in [0.3, 0.4) is 0 Å². The first kappa shape index (κ1) is 17.6. The summed E-state index contributed by atoms with van der Waals surface area (Å²) in [5.41, 5.74) is 13.9. The monoisotopic (exact) mass is 377 g/mol. The second kappa shape index (κ2) is 6.73. The van der Waals surface area contributed by atoms with Gasteiger partial charge in [-0.2, -0.15) is 5.10 Å². The lowest BCUT2D eigenvalue weighted by molar-refractivity contribution is 0.0994. The van der Waals surface area contributed by atoms with Crippen LogP contribution in [-0.4, -0.2) is 28.2 Å². The lowest BCUT2D eigenvalue weighted by atomic mass is 9.97. The van der Waals surface area contributed by atoms with Gasteiger partial charge in [0.05, 0.1) is 12.6 Å². The van der Waals surface area contributed by atoms with Crippen molar-refractivity contribution in [2.75, 3.05) is 12.8 Å². The first-order valence-corrected chi connectivity index (χ1v) is 8.66. The fourth-order valence-corrected chi connectivity index (χ4v) is 3.16. The minimum atomic E-state index is -0.649. The molecule has 1 atom stereocenters. The molecule has 2 heterocycles. The smallest absolute Gasteiger partial charge is 0.271 e. The quantitative estimate of drug-likeness (QED) is 0.489. The van der Waals surface area contributed by atoms with Crippen LogP contribution >= 0.6 is 0 Å². The number of anilines is 1. The van der Waals surface area contributed by atoms with E-state index < -0.39 is 5.91 Å². The number of ether oxygens (including phenoxy) is 1. The topological polar surface area (TPSA) is 133 Å². The molecule has 2 aromatic heterocycles. The van der Waals surface area contributed by atoms with E-state index in [4.69, 9.17) is 20.6 Å². The van der Waals surface area contributed by atoms with Crippen molar-refractivity contribution in [3.05, 3.63) is 59.5 Å². The average molecular weight is 377 g/mol. The van der Waals surface area contributed by atoms with Crippen molar-refractivity contribution in [2.45, 2.75) is 12.8 Å². The molecular formula is C20H19N5O3. The molecule has 0 unspecified atom stereocenters. The van der Waals surface area contributed by atoms with Crippen LogP contribution in [0.15, 0.2) is 46.9 Å². The number of hydrogen-bond acceptors (Lipinski definition) is 6. The number of methoxy groups -OCH3 is 1. The first-order valence-electron chi connectivity index (χ1n) is 8.66. The normalized spacial score (nSPS) is 12.2. The van der Waals surface area contributed by atoms with Crippen molar-refractivity contribution in [1.29, 1.82) is 0 Å². The van der Waals surface area contributed by atoms with E-state index in [0.717, 1.165) is 16.5 Å². The Kier molecular flexibility index (Phi) is 4.23. The molecule has 5 N–H and O–H groups in total. The Bertz CT molecular complexity index is 1180. The average Bonchev–Trinajstić information content (AvgIpc) is 3.32. The van der Waals surface area contributed by atoms with Gasteiger partial charge in [0.2, 0.25) is 5.89 Å². The van der Waals surface area contributed by atoms with Crippen LogP contribution in [0, 0.1) is 0 Å². The zero-order valence-corrected chi connectivity index (χ0v) is 15.4. The van der Waals surface area contributed by atoms with E-state index in [1.807, 2.05) is 49.4 Å². The lowest BCUT2D eigenvalue weighted by Gasteiger charge is -2.11. The summed E-state index contributed by atoms with van der Waals surface area (Å²) in [7, 11) is 1.60. The number of oxazole rings is 1. The fourth-order valence-electron chi connectivity index (χ4n) is 3.16. The van der Waals surface area contributed by atoms with Crippen molar-refractivity contribution >= 4 is 22.6 Å². The molecule has 0 saturated heterocycles. The Labute approximate surface area is 160 Å². The number of carbonyl (C=O) groups excluding carboxylic acids is 1. The molecule has 0 aliphatic rings. The van der Waals surface area contributed by atoms with Gasteiger partial charge in [-0.15, -0.1) is 0 Å². The van der Waals surface area contributed by atoms with Crippen LogP contribution < -0.4 is 16.2 Å². The molecule has 0 bridgehead atoms. The summed E-state index contributed by atoms with van der Waals surface area (Å²) in [5.74, 6) is 0.886. The van der Waals surface area contributed by atoms with Crippen LogP contribution in [0.4, 0.5) is 5.82 Å². The van der Waals surface area contributed by atoms with Crippen molar-refractivity contribution < 1.29 is 13.9 Å². The van der Waals surface area contributed by atoms with Crippen molar-refractivity contribution in [3.63, 3.8) is 0 Å². The zero-order valence-electron chi connectivity index (χ0n) is 15.4. The number of hydrogen-bond donors (Lipinski definition) is 3. The first-order chi connectivity index (χ1) is 13.5. The number of benzene rings is 2. The van der Waals surface area contributed by atoms with Crippen LogP contribution in [0.2, 0.25) is 0 Å². The highest BCUT2D eigenvalue weighted by Gasteiger charge is 2.25. The summed E-state index contributed by atoms with van der Waals surface area (Å²) in [4.78, 5) is 16.3. The van der Waals surface area contributed by atoms with E-state index in [9.17, 15) is 4.79 Å². The van der Waals surface area contributed by atoms with Gasteiger partial charge in [0.15, 0.2) is 11.5 Å². The number of aromatic nitrogens is 3. The third-order valence-corrected chi connectivity index (χ3v) is 4.71. The highest BCUT2D eigenvalue weighted by Crippen LogP contribution is 2.33. The maximum absolute atomic E-state index is 12.0. The molecule has 0 aliphatic heterocycles. The molecule has 0 spiro atoms. The minimum Gasteiger partial charge on any atom is -0.497 e. The minimum absolute atomic E-state index is 0.102. The van der Waals surface area contributed by atoms with Gasteiger partial charge < -0.3 is 20.6 Å². The predicted molar refractivity (Wildman–Crippen MR) is 105 cm³/mol. The van der Waals surface area contributed by atoms with Gasteiger partial charge in [0.25, 0.3) is 5.91 Å². The standard InChI is InChI=1S/C20H19N5O3/c1-10(11-4-3-5-13(8-11)27-2)17-16(19(22)26)23-20(28-17)12-6-7-15-14(9-12)18(21)25-24-15/h3-10H,1-2H3,(H2,22,26)(H3,21,24,25)/t10-/m1/s1. The number of amides is 1. The van der Waals surface area contributed by atoms with Gasteiger partial charge in [-0.25, -0.2) is 4.98 Å². The molecule has 28 heavy (non-hydrogen) atoms. The number of nitrogens with one attached hydrogen (secondary N) is 1.